The van der Waals surface area contributed by atoms with Gasteiger partial charge in [-0.2, -0.15) is 0 Å². The average Bonchev–Trinajstić information content (AvgIpc) is 1.83. The highest BCUT2D eigenvalue weighted by molar-refractivity contribution is 7.93. The summed E-state index contributed by atoms with van der Waals surface area (Å²) in [5, 5.41) is 3.23. The van der Waals surface area contributed by atoms with Crippen LogP contribution in [0.15, 0.2) is 0 Å². The van der Waals surface area contributed by atoms with E-state index in [-0.39, 0.29) is 4.75 Å². The third-order valence-corrected chi connectivity index (χ3v) is 5.71. The predicted octanol–water partition coefficient (Wildman–Crippen LogP) is 0.559. The molecule has 1 unspecified atom stereocenters. The van der Waals surface area contributed by atoms with Crippen molar-refractivity contribution < 1.29 is 4.21 Å². The summed E-state index contributed by atoms with van der Waals surface area (Å²) in [6.07, 6.45) is 3.17. The highest BCUT2D eigenvalue weighted by atomic mass is 32.2. The van der Waals surface area contributed by atoms with E-state index in [1.807, 2.05) is 0 Å². The summed E-state index contributed by atoms with van der Waals surface area (Å²) in [5.41, 5.74) is 0. The van der Waals surface area contributed by atoms with Gasteiger partial charge in [0.1, 0.15) is 0 Å². The summed E-state index contributed by atoms with van der Waals surface area (Å²) < 4.78 is 19.4. The molecule has 64 valence electrons. The van der Waals surface area contributed by atoms with Crippen molar-refractivity contribution in [2.75, 3.05) is 18.8 Å². The van der Waals surface area contributed by atoms with Crippen LogP contribution in [0.3, 0.4) is 0 Å². The van der Waals surface area contributed by atoms with Gasteiger partial charge in [0.15, 0.2) is 0 Å². The third-order valence-electron chi connectivity index (χ3n) is 2.98. The highest BCUT2D eigenvalue weighted by Gasteiger charge is 2.47. The lowest BCUT2D eigenvalue weighted by molar-refractivity contribution is 0.324. The molecular formula is C7H14N2OS. The minimum atomic E-state index is -2.25. The molecule has 0 aromatic carbocycles. The van der Waals surface area contributed by atoms with Crippen LogP contribution in [0.25, 0.3) is 0 Å². The molecule has 1 saturated carbocycles. The second kappa shape index (κ2) is 2.20. The molecule has 1 aliphatic carbocycles. The van der Waals surface area contributed by atoms with E-state index in [4.69, 9.17) is 4.78 Å². The second-order valence-corrected chi connectivity index (χ2v) is 6.22. The Kier molecular flexibility index (Phi) is 1.51. The fraction of sp³-hybridized carbons (Fsp3) is 1.00. The van der Waals surface area contributed by atoms with E-state index in [0.717, 1.165) is 32.4 Å². The summed E-state index contributed by atoms with van der Waals surface area (Å²) in [5.74, 6) is 0.562. The summed E-state index contributed by atoms with van der Waals surface area (Å²) in [7, 11) is -2.25. The third kappa shape index (κ3) is 0.924. The molecule has 1 spiro atoms. The van der Waals surface area contributed by atoms with Crippen molar-refractivity contribution >= 4 is 9.73 Å². The van der Waals surface area contributed by atoms with Crippen LogP contribution in [-0.4, -0.2) is 27.8 Å². The quantitative estimate of drug-likeness (QED) is 0.564. The Balaban J connectivity index is 2.29. The lowest BCUT2D eigenvalue weighted by Crippen LogP contribution is -2.58. The van der Waals surface area contributed by atoms with Crippen LogP contribution in [0.1, 0.15) is 19.3 Å². The molecule has 11 heavy (non-hydrogen) atoms. The normalized spacial score (nSPS) is 41.8. The van der Waals surface area contributed by atoms with E-state index in [9.17, 15) is 4.21 Å². The van der Waals surface area contributed by atoms with E-state index >= 15 is 0 Å². The van der Waals surface area contributed by atoms with E-state index in [1.165, 1.54) is 0 Å². The molecule has 2 N–H and O–H groups in total. The maximum Gasteiger partial charge on any atom is 0.0663 e. The van der Waals surface area contributed by atoms with Gasteiger partial charge in [0.05, 0.1) is 14.5 Å². The van der Waals surface area contributed by atoms with Gasteiger partial charge in [0.2, 0.25) is 0 Å². The zero-order valence-corrected chi connectivity index (χ0v) is 7.38. The van der Waals surface area contributed by atoms with Crippen LogP contribution in [0.2, 0.25) is 0 Å². The molecule has 1 atom stereocenters. The van der Waals surface area contributed by atoms with Gasteiger partial charge in [0.25, 0.3) is 0 Å². The maximum absolute atomic E-state index is 11.8. The topological polar surface area (TPSA) is 53.0 Å². The highest BCUT2D eigenvalue weighted by Crippen LogP contribution is 2.40. The molecule has 4 heteroatoms. The first-order chi connectivity index (χ1) is 5.16. The first kappa shape index (κ1) is 7.55. The summed E-state index contributed by atoms with van der Waals surface area (Å²) in [4.78, 5) is 0. The molecule has 1 heterocycles. The summed E-state index contributed by atoms with van der Waals surface area (Å²) in [6, 6.07) is 0. The van der Waals surface area contributed by atoms with Crippen molar-refractivity contribution in [2.24, 2.45) is 0 Å². The van der Waals surface area contributed by atoms with Gasteiger partial charge in [-0.3, -0.25) is 4.78 Å². The molecule has 1 saturated heterocycles. The average molecular weight is 174 g/mol. The Morgan fingerprint density at radius 1 is 1.45 bits per heavy atom. The SMILES string of the molecule is N=S1(=O)CCNCC12CCC2. The largest absolute Gasteiger partial charge is 0.314 e. The zero-order chi connectivity index (χ0) is 7.95. The number of hydrogen-bond donors (Lipinski definition) is 2. The van der Waals surface area contributed by atoms with Gasteiger partial charge < -0.3 is 5.32 Å². The second-order valence-electron chi connectivity index (χ2n) is 3.59. The fourth-order valence-electron chi connectivity index (χ4n) is 1.94. The van der Waals surface area contributed by atoms with Crippen molar-refractivity contribution in [3.05, 3.63) is 0 Å². The first-order valence-electron chi connectivity index (χ1n) is 4.13. The van der Waals surface area contributed by atoms with Crippen LogP contribution >= 0.6 is 0 Å². The van der Waals surface area contributed by atoms with Gasteiger partial charge in [-0.25, -0.2) is 4.21 Å². The van der Waals surface area contributed by atoms with Crippen molar-refractivity contribution in [3.63, 3.8) is 0 Å². The van der Waals surface area contributed by atoms with Gasteiger partial charge in [-0.15, -0.1) is 0 Å². The van der Waals surface area contributed by atoms with Crippen molar-refractivity contribution in [1.82, 2.24) is 5.32 Å². The molecule has 1 aliphatic heterocycles. The fourth-order valence-corrected chi connectivity index (χ4v) is 4.09. The Bertz CT molecular complexity index is 254. The standard InChI is InChI=1S/C7H14N2OS/c8-11(10)5-4-9-6-7(11)2-1-3-7/h8-9H,1-6H2. The van der Waals surface area contributed by atoms with E-state index < -0.39 is 9.73 Å². The molecule has 0 amide bonds. The molecule has 0 aromatic rings. The minimum Gasteiger partial charge on any atom is -0.314 e. The molecule has 2 fully saturated rings. The van der Waals surface area contributed by atoms with Crippen LogP contribution in [-0.2, 0) is 9.73 Å². The lowest BCUT2D eigenvalue weighted by Gasteiger charge is -2.45. The van der Waals surface area contributed by atoms with Crippen LogP contribution in [0, 0.1) is 4.78 Å². The summed E-state index contributed by atoms with van der Waals surface area (Å²) >= 11 is 0. The molecule has 2 rings (SSSR count). The Labute approximate surface area is 67.5 Å². The van der Waals surface area contributed by atoms with Crippen LogP contribution in [0.5, 0.6) is 0 Å². The van der Waals surface area contributed by atoms with Crippen LogP contribution in [0.4, 0.5) is 0 Å². The van der Waals surface area contributed by atoms with Gasteiger partial charge in [-0.05, 0) is 12.8 Å². The van der Waals surface area contributed by atoms with Gasteiger partial charge in [-0.1, -0.05) is 6.42 Å². The monoisotopic (exact) mass is 174 g/mol. The predicted molar refractivity (Wildman–Crippen MR) is 45.2 cm³/mol. The molecule has 0 aromatic heterocycles. The molecule has 0 bridgehead atoms. The molecule has 2 aliphatic rings. The molecule has 3 nitrogen and oxygen atoms in total. The summed E-state index contributed by atoms with van der Waals surface area (Å²) in [6.45, 7) is 1.58. The lowest BCUT2D eigenvalue weighted by atomic mass is 9.84. The van der Waals surface area contributed by atoms with Crippen molar-refractivity contribution in [3.8, 4) is 0 Å². The van der Waals surface area contributed by atoms with Gasteiger partial charge in [0, 0.05) is 18.8 Å². The number of rotatable bonds is 0. The van der Waals surface area contributed by atoms with Crippen LogP contribution < -0.4 is 5.32 Å². The smallest absolute Gasteiger partial charge is 0.0663 e. The number of nitrogens with one attached hydrogen (secondary N) is 2. The zero-order valence-electron chi connectivity index (χ0n) is 6.56. The molecule has 0 radical (unpaired) electrons. The van der Waals surface area contributed by atoms with Gasteiger partial charge >= 0.3 is 0 Å². The Morgan fingerprint density at radius 3 is 2.55 bits per heavy atom. The van der Waals surface area contributed by atoms with E-state index in [2.05, 4.69) is 5.32 Å². The first-order valence-corrected chi connectivity index (χ1v) is 5.86. The molecular weight excluding hydrogens is 160 g/mol. The van der Waals surface area contributed by atoms with Crippen molar-refractivity contribution in [1.29, 1.82) is 4.78 Å². The van der Waals surface area contributed by atoms with E-state index in [0.29, 0.717) is 5.75 Å². The number of hydrogen-bond acceptors (Lipinski definition) is 3. The maximum atomic E-state index is 11.8. The Hall–Kier alpha value is -0.0900. The Morgan fingerprint density at radius 2 is 2.18 bits per heavy atom. The van der Waals surface area contributed by atoms with Crippen molar-refractivity contribution in [2.45, 2.75) is 24.0 Å². The van der Waals surface area contributed by atoms with E-state index in [1.54, 1.807) is 0 Å². The minimum absolute atomic E-state index is 0.120.